The Morgan fingerprint density at radius 2 is 1.71 bits per heavy atom. The van der Waals surface area contributed by atoms with Crippen LogP contribution in [-0.2, 0) is 20.8 Å². The van der Waals surface area contributed by atoms with Crippen LogP contribution in [0.15, 0.2) is 18.2 Å². The minimum atomic E-state index is -0.959. The Morgan fingerprint density at radius 3 is 2.46 bits per heavy atom. The van der Waals surface area contributed by atoms with E-state index < -0.39 is 17.8 Å². The maximum Gasteiger partial charge on any atom is 0.308 e. The summed E-state index contributed by atoms with van der Waals surface area (Å²) >= 11 is 0. The number of carboxylic acid groups (broad SMARTS) is 1. The number of carbonyl (C=O) groups is 3. The molecule has 3 aliphatic rings. The molecule has 8 heteroatoms. The number of benzene rings is 1. The fourth-order valence-corrected chi connectivity index (χ4v) is 4.19. The number of ether oxygens (including phenoxy) is 2. The fraction of sp³-hybridized carbons (Fsp3) is 0.550. The van der Waals surface area contributed by atoms with Crippen molar-refractivity contribution >= 4 is 17.8 Å². The molecule has 2 amide bonds. The van der Waals surface area contributed by atoms with Crippen molar-refractivity contribution < 1.29 is 29.0 Å². The molecule has 4 rings (SSSR count). The van der Waals surface area contributed by atoms with Gasteiger partial charge in [0.05, 0.1) is 18.3 Å². The van der Waals surface area contributed by atoms with Crippen molar-refractivity contribution in [1.82, 2.24) is 9.80 Å². The summed E-state index contributed by atoms with van der Waals surface area (Å²) in [5.41, 5.74) is 0.772. The molecule has 150 valence electrons. The van der Waals surface area contributed by atoms with Crippen LogP contribution in [0.4, 0.5) is 0 Å². The maximum absolute atomic E-state index is 12.9. The van der Waals surface area contributed by atoms with Crippen molar-refractivity contribution in [3.05, 3.63) is 23.8 Å². The van der Waals surface area contributed by atoms with Crippen molar-refractivity contribution in [3.63, 3.8) is 0 Å². The second-order valence-corrected chi connectivity index (χ2v) is 7.66. The normalized spacial score (nSPS) is 23.7. The Labute approximate surface area is 163 Å². The molecule has 0 radical (unpaired) electrons. The maximum atomic E-state index is 12.9. The van der Waals surface area contributed by atoms with E-state index in [0.717, 1.165) is 31.5 Å². The predicted octanol–water partition coefficient (Wildman–Crippen LogP) is 1.13. The number of carboxylic acids is 1. The molecule has 3 aliphatic heterocycles. The average Bonchev–Trinajstić information content (AvgIpc) is 3.38. The highest BCUT2D eigenvalue weighted by Gasteiger charge is 2.38. The highest BCUT2D eigenvalue weighted by molar-refractivity contribution is 5.84. The van der Waals surface area contributed by atoms with Crippen LogP contribution in [0.3, 0.4) is 0 Å². The van der Waals surface area contributed by atoms with Gasteiger partial charge in [-0.05, 0) is 37.0 Å². The number of piperidine rings is 1. The number of carbonyl (C=O) groups excluding carboxylic acids is 2. The minimum absolute atomic E-state index is 0.0238. The first-order valence-corrected chi connectivity index (χ1v) is 9.69. The van der Waals surface area contributed by atoms with Gasteiger partial charge < -0.3 is 24.4 Å². The van der Waals surface area contributed by atoms with E-state index in [2.05, 4.69) is 0 Å². The Balaban J connectivity index is 1.46. The molecular formula is C20H24N2O6. The number of amides is 2. The van der Waals surface area contributed by atoms with Crippen LogP contribution in [0.25, 0.3) is 0 Å². The van der Waals surface area contributed by atoms with E-state index in [1.165, 1.54) is 4.90 Å². The lowest BCUT2D eigenvalue weighted by molar-refractivity contribution is -0.149. The Bertz CT molecular complexity index is 789. The summed E-state index contributed by atoms with van der Waals surface area (Å²) in [6, 6.07) is 5.34. The Morgan fingerprint density at radius 1 is 1.00 bits per heavy atom. The van der Waals surface area contributed by atoms with Crippen LogP contribution in [0.5, 0.6) is 11.5 Å². The number of nitrogens with zero attached hydrogens (tertiary/aromatic N) is 2. The van der Waals surface area contributed by atoms with Crippen LogP contribution >= 0.6 is 0 Å². The van der Waals surface area contributed by atoms with E-state index in [-0.39, 0.29) is 38.1 Å². The number of hydrogen-bond acceptors (Lipinski definition) is 5. The number of aliphatic carboxylic acids is 1. The number of rotatable bonds is 4. The van der Waals surface area contributed by atoms with Crippen LogP contribution in [0.1, 0.15) is 24.8 Å². The summed E-state index contributed by atoms with van der Waals surface area (Å²) in [6.45, 7) is 2.03. The second-order valence-electron chi connectivity index (χ2n) is 7.66. The molecule has 2 atom stereocenters. The highest BCUT2D eigenvalue weighted by atomic mass is 16.7. The SMILES string of the molecule is O=C(O)[C@H]1C[C@@H](C(=O)N2CCCC2)CN(C(=O)Cc2ccc3c(c2)OCO3)C1. The molecule has 1 N–H and O–H groups in total. The molecule has 2 fully saturated rings. The summed E-state index contributed by atoms with van der Waals surface area (Å²) in [5.74, 6) is -1.07. The van der Waals surface area contributed by atoms with E-state index in [1.807, 2.05) is 0 Å². The van der Waals surface area contributed by atoms with E-state index in [1.54, 1.807) is 23.1 Å². The second kappa shape index (κ2) is 7.69. The number of hydrogen-bond donors (Lipinski definition) is 1. The third kappa shape index (κ3) is 3.76. The molecule has 0 bridgehead atoms. The van der Waals surface area contributed by atoms with Gasteiger partial charge in [0.2, 0.25) is 18.6 Å². The smallest absolute Gasteiger partial charge is 0.308 e. The molecule has 8 nitrogen and oxygen atoms in total. The summed E-state index contributed by atoms with van der Waals surface area (Å²) in [7, 11) is 0. The molecule has 0 aromatic heterocycles. The number of fused-ring (bicyclic) bond motifs is 1. The monoisotopic (exact) mass is 388 g/mol. The van der Waals surface area contributed by atoms with Gasteiger partial charge in [-0.25, -0.2) is 0 Å². The van der Waals surface area contributed by atoms with Crippen LogP contribution in [0.2, 0.25) is 0 Å². The van der Waals surface area contributed by atoms with Gasteiger partial charge in [0.25, 0.3) is 0 Å². The van der Waals surface area contributed by atoms with Gasteiger partial charge in [0, 0.05) is 26.2 Å². The van der Waals surface area contributed by atoms with Crippen LogP contribution < -0.4 is 9.47 Å². The molecular weight excluding hydrogens is 364 g/mol. The Hall–Kier alpha value is -2.77. The average molecular weight is 388 g/mol. The third-order valence-electron chi connectivity index (χ3n) is 5.71. The zero-order chi connectivity index (χ0) is 19.7. The third-order valence-corrected chi connectivity index (χ3v) is 5.71. The summed E-state index contributed by atoms with van der Waals surface area (Å²) in [4.78, 5) is 40.6. The first-order chi connectivity index (χ1) is 13.5. The first kappa shape index (κ1) is 18.6. The van der Waals surface area contributed by atoms with Crippen molar-refractivity contribution in [2.24, 2.45) is 11.8 Å². The minimum Gasteiger partial charge on any atom is -0.481 e. The van der Waals surface area contributed by atoms with E-state index in [0.29, 0.717) is 17.9 Å². The lowest BCUT2D eigenvalue weighted by Gasteiger charge is -2.37. The van der Waals surface area contributed by atoms with Gasteiger partial charge in [0.1, 0.15) is 0 Å². The molecule has 1 aromatic carbocycles. The quantitative estimate of drug-likeness (QED) is 0.831. The van der Waals surface area contributed by atoms with E-state index in [9.17, 15) is 19.5 Å². The lowest BCUT2D eigenvalue weighted by atomic mass is 9.88. The summed E-state index contributed by atoms with van der Waals surface area (Å²) in [6.07, 6.45) is 2.38. The molecule has 3 heterocycles. The zero-order valence-electron chi connectivity index (χ0n) is 15.6. The van der Waals surface area contributed by atoms with Gasteiger partial charge >= 0.3 is 5.97 Å². The zero-order valence-corrected chi connectivity index (χ0v) is 15.6. The highest BCUT2D eigenvalue weighted by Crippen LogP contribution is 2.33. The molecule has 2 saturated heterocycles. The summed E-state index contributed by atoms with van der Waals surface area (Å²) < 4.78 is 10.6. The molecule has 0 unspecified atom stereocenters. The van der Waals surface area contributed by atoms with Crippen molar-refractivity contribution in [2.75, 3.05) is 33.0 Å². The van der Waals surface area contributed by atoms with E-state index >= 15 is 0 Å². The molecule has 0 saturated carbocycles. The lowest BCUT2D eigenvalue weighted by Crippen LogP contribution is -2.51. The van der Waals surface area contributed by atoms with Gasteiger partial charge in [-0.3, -0.25) is 14.4 Å². The van der Waals surface area contributed by atoms with Gasteiger partial charge in [-0.1, -0.05) is 6.07 Å². The van der Waals surface area contributed by atoms with Gasteiger partial charge in [-0.2, -0.15) is 0 Å². The van der Waals surface area contributed by atoms with Gasteiger partial charge in [0.15, 0.2) is 11.5 Å². The van der Waals surface area contributed by atoms with Crippen molar-refractivity contribution in [2.45, 2.75) is 25.7 Å². The van der Waals surface area contributed by atoms with Gasteiger partial charge in [-0.15, -0.1) is 0 Å². The predicted molar refractivity (Wildman–Crippen MR) is 97.9 cm³/mol. The largest absolute Gasteiger partial charge is 0.481 e. The molecule has 1 aromatic rings. The topological polar surface area (TPSA) is 96.4 Å². The number of likely N-dealkylation sites (tertiary alicyclic amines) is 2. The Kier molecular flexibility index (Phi) is 5.11. The fourth-order valence-electron chi connectivity index (χ4n) is 4.19. The van der Waals surface area contributed by atoms with Crippen molar-refractivity contribution in [3.8, 4) is 11.5 Å². The standard InChI is InChI=1S/C20H24N2O6/c23-18(8-13-3-4-16-17(7-13)28-12-27-16)22-10-14(9-15(11-22)20(25)26)19(24)21-5-1-2-6-21/h3-4,7,14-15H,1-2,5-6,8-12H2,(H,25,26)/t14-,15+/m1/s1. The first-order valence-electron chi connectivity index (χ1n) is 9.69. The molecule has 0 aliphatic carbocycles. The van der Waals surface area contributed by atoms with Crippen LogP contribution in [0, 0.1) is 11.8 Å². The molecule has 28 heavy (non-hydrogen) atoms. The molecule has 0 spiro atoms. The van der Waals surface area contributed by atoms with E-state index in [4.69, 9.17) is 9.47 Å². The van der Waals surface area contributed by atoms with Crippen LogP contribution in [-0.4, -0.2) is 65.7 Å². The summed E-state index contributed by atoms with van der Waals surface area (Å²) in [5, 5.41) is 9.50. The van der Waals surface area contributed by atoms with Crippen molar-refractivity contribution in [1.29, 1.82) is 0 Å².